The molecule has 0 rings (SSSR count). The summed E-state index contributed by atoms with van der Waals surface area (Å²) in [6.07, 6.45) is 83.1. The topological polar surface area (TPSA) is 114 Å². The van der Waals surface area contributed by atoms with E-state index in [4.69, 9.17) is 13.8 Å². The summed E-state index contributed by atoms with van der Waals surface area (Å²) < 4.78 is 30.3. The van der Waals surface area contributed by atoms with Crippen molar-refractivity contribution < 1.29 is 37.3 Å². The highest BCUT2D eigenvalue weighted by Gasteiger charge is 2.27. The lowest BCUT2D eigenvalue weighted by atomic mass is 10.0. The summed E-state index contributed by atoms with van der Waals surface area (Å²) in [5.41, 5.74) is 0. The molecule has 0 fully saturated rings. The van der Waals surface area contributed by atoms with Gasteiger partial charge in [0.2, 0.25) is 5.91 Å². The van der Waals surface area contributed by atoms with E-state index >= 15 is 0 Å². The van der Waals surface area contributed by atoms with Gasteiger partial charge < -0.3 is 28.5 Å². The Balaban J connectivity index is 5.06. The number of nitrogens with zero attached hydrogens (tertiary/aromatic N) is 1. The molecule has 83 heavy (non-hydrogen) atoms. The van der Waals surface area contributed by atoms with Gasteiger partial charge in [0, 0.05) is 12.8 Å². The van der Waals surface area contributed by atoms with Crippen molar-refractivity contribution in [2.75, 3.05) is 40.9 Å². The number of amides is 1. The van der Waals surface area contributed by atoms with Crippen LogP contribution in [0.25, 0.3) is 0 Å². The monoisotopic (exact) mass is 1180 g/mol. The third-order valence-corrected chi connectivity index (χ3v) is 16.3. The molecular formula is C73H133N2O7P. The fourth-order valence-electron chi connectivity index (χ4n) is 10.0. The molecule has 0 saturated heterocycles. The predicted molar refractivity (Wildman–Crippen MR) is 358 cm³/mol. The highest BCUT2D eigenvalue weighted by atomic mass is 31.2. The van der Waals surface area contributed by atoms with Gasteiger partial charge in [0.15, 0.2) is 0 Å². The van der Waals surface area contributed by atoms with Gasteiger partial charge in [-0.2, -0.15) is 0 Å². The van der Waals surface area contributed by atoms with Gasteiger partial charge in [0.25, 0.3) is 7.82 Å². The molecule has 0 aromatic rings. The molecule has 0 aliphatic rings. The first-order valence-corrected chi connectivity index (χ1v) is 36.4. The number of likely N-dealkylation sites (N-methyl/N-ethyl adjacent to an activating group) is 1. The quantitative estimate of drug-likeness (QED) is 0.0212. The average Bonchev–Trinajstić information content (AvgIpc) is 3.51. The second-order valence-corrected chi connectivity index (χ2v) is 26.1. The minimum Gasteiger partial charge on any atom is -0.756 e. The summed E-state index contributed by atoms with van der Waals surface area (Å²) in [4.78, 5) is 40.1. The number of hydrogen-bond donors (Lipinski definition) is 1. The molecule has 9 nitrogen and oxygen atoms in total. The number of rotatable bonds is 63. The molecule has 0 heterocycles. The van der Waals surface area contributed by atoms with Gasteiger partial charge in [-0.3, -0.25) is 14.2 Å². The molecular weight excluding hydrogens is 1050 g/mol. The minimum atomic E-state index is -4.72. The second-order valence-electron chi connectivity index (χ2n) is 24.7. The number of phosphoric ester groups is 1. The molecule has 3 atom stereocenters. The molecule has 10 heteroatoms. The summed E-state index contributed by atoms with van der Waals surface area (Å²) in [5, 5.41) is 3.02. The normalized spacial score (nSPS) is 14.1. The first kappa shape index (κ1) is 80.2. The lowest BCUT2D eigenvalue weighted by Gasteiger charge is -2.30. The summed E-state index contributed by atoms with van der Waals surface area (Å²) in [6.45, 7) is 6.71. The maximum Gasteiger partial charge on any atom is 0.306 e. The lowest BCUT2D eigenvalue weighted by Crippen LogP contribution is -2.47. The van der Waals surface area contributed by atoms with E-state index in [-0.39, 0.29) is 18.9 Å². The van der Waals surface area contributed by atoms with Crippen LogP contribution >= 0.6 is 7.82 Å². The number of phosphoric acid groups is 1. The Labute approximate surface area is 514 Å². The van der Waals surface area contributed by atoms with E-state index in [0.717, 1.165) is 77.0 Å². The zero-order chi connectivity index (χ0) is 60.7. The van der Waals surface area contributed by atoms with E-state index in [1.165, 1.54) is 199 Å². The Morgan fingerprint density at radius 3 is 1.16 bits per heavy atom. The van der Waals surface area contributed by atoms with Gasteiger partial charge in [-0.25, -0.2) is 0 Å². The van der Waals surface area contributed by atoms with Crippen LogP contribution in [0, 0.1) is 0 Å². The highest BCUT2D eigenvalue weighted by molar-refractivity contribution is 7.45. The van der Waals surface area contributed by atoms with Gasteiger partial charge in [-0.05, 0) is 70.3 Å². The van der Waals surface area contributed by atoms with Crippen molar-refractivity contribution >= 4 is 19.7 Å². The van der Waals surface area contributed by atoms with Crippen molar-refractivity contribution in [2.45, 2.75) is 328 Å². The van der Waals surface area contributed by atoms with E-state index in [0.29, 0.717) is 23.9 Å². The number of hydrogen-bond acceptors (Lipinski definition) is 7. The van der Waals surface area contributed by atoms with Crippen LogP contribution in [-0.4, -0.2) is 69.4 Å². The van der Waals surface area contributed by atoms with Crippen molar-refractivity contribution in [3.8, 4) is 0 Å². The van der Waals surface area contributed by atoms with Crippen LogP contribution in [0.15, 0.2) is 85.1 Å². The van der Waals surface area contributed by atoms with Crippen molar-refractivity contribution in [1.82, 2.24) is 5.32 Å². The van der Waals surface area contributed by atoms with Crippen LogP contribution in [0.2, 0.25) is 0 Å². The van der Waals surface area contributed by atoms with Gasteiger partial charge in [0.05, 0.1) is 33.8 Å². The molecule has 482 valence electrons. The molecule has 0 spiro atoms. The first-order chi connectivity index (χ1) is 40.4. The van der Waals surface area contributed by atoms with Crippen molar-refractivity contribution in [3.63, 3.8) is 0 Å². The standard InChI is InChI=1S/C73H133N2O7P/c1-7-10-13-16-19-22-25-27-29-31-33-34-35-36-37-38-39-40-42-43-45-47-50-53-56-59-62-65-72(76)74-70(69-81-83(78,79)80-68-67-75(4,5)6)71(64-61-58-55-52-49-24-21-18-15-12-9-3)82-73(77)66-63-60-57-54-51-48-46-44-41-32-30-28-26-23-20-17-14-11-8-2/h11,14,20,23,28,30,41,44,48,51,57,60-61,64,70-71H,7-10,12-13,15-19,21-22,24-27,29,31-40,42-43,45-47,49-50,52-56,58-59,62-63,65-69H2,1-6H3,(H-,74,76,78,79)/b14-11-,23-20-,30-28-,44-41-,51-48-,60-57-,64-61-. The third-order valence-electron chi connectivity index (χ3n) is 15.4. The van der Waals surface area contributed by atoms with E-state index in [1.807, 2.05) is 39.4 Å². The lowest BCUT2D eigenvalue weighted by molar-refractivity contribution is -0.870. The number of carbonyl (C=O) groups excluding carboxylic acids is 2. The number of esters is 1. The Hall–Kier alpha value is -2.81. The molecule has 0 radical (unpaired) electrons. The van der Waals surface area contributed by atoms with E-state index < -0.39 is 32.5 Å². The molecule has 1 N–H and O–H groups in total. The van der Waals surface area contributed by atoms with E-state index in [2.05, 4.69) is 92.9 Å². The second kappa shape index (κ2) is 62.2. The number of nitrogens with one attached hydrogen (secondary N) is 1. The van der Waals surface area contributed by atoms with Crippen molar-refractivity contribution in [1.29, 1.82) is 0 Å². The molecule has 1 amide bonds. The summed E-state index contributed by atoms with van der Waals surface area (Å²) in [6, 6.07) is -0.921. The predicted octanol–water partition coefficient (Wildman–Crippen LogP) is 21.5. The number of allylic oxidation sites excluding steroid dienone is 13. The summed E-state index contributed by atoms with van der Waals surface area (Å²) in [5.74, 6) is -0.632. The molecule has 0 aromatic carbocycles. The molecule has 0 aromatic heterocycles. The first-order valence-electron chi connectivity index (χ1n) is 34.9. The minimum absolute atomic E-state index is 0.0351. The van der Waals surface area contributed by atoms with Gasteiger partial charge >= 0.3 is 5.97 Å². The Morgan fingerprint density at radius 2 is 0.783 bits per heavy atom. The molecule has 0 aliphatic carbocycles. The smallest absolute Gasteiger partial charge is 0.306 e. The highest BCUT2D eigenvalue weighted by Crippen LogP contribution is 2.38. The van der Waals surface area contributed by atoms with Crippen molar-refractivity contribution in [3.05, 3.63) is 85.1 Å². The largest absolute Gasteiger partial charge is 0.756 e. The van der Waals surface area contributed by atoms with E-state index in [9.17, 15) is 19.0 Å². The Morgan fingerprint density at radius 1 is 0.434 bits per heavy atom. The van der Waals surface area contributed by atoms with Gasteiger partial charge in [0.1, 0.15) is 19.3 Å². The zero-order valence-corrected chi connectivity index (χ0v) is 56.0. The summed E-state index contributed by atoms with van der Waals surface area (Å²) in [7, 11) is 1.15. The maximum absolute atomic E-state index is 13.6. The number of ether oxygens (including phenoxy) is 1. The fourth-order valence-corrected chi connectivity index (χ4v) is 10.7. The Bertz CT molecular complexity index is 1700. The van der Waals surface area contributed by atoms with Gasteiger partial charge in [-0.15, -0.1) is 0 Å². The SMILES string of the molecule is CC/C=C\C/C=C\C/C=C\C/C=C\C/C=C\C/C=C\CCC(=O)OC(/C=C\CCCCCCCCCCC)C(COP(=O)([O-])OCC[N+](C)(C)C)NC(=O)CCCCCCCCCCCCCCCCCCCCCCCCCCCCC. The number of carbonyl (C=O) groups is 2. The van der Waals surface area contributed by atoms with Crippen molar-refractivity contribution in [2.24, 2.45) is 0 Å². The van der Waals surface area contributed by atoms with Crippen LogP contribution < -0.4 is 10.2 Å². The fraction of sp³-hybridized carbons (Fsp3) is 0.781. The number of unbranched alkanes of at least 4 members (excludes halogenated alkanes) is 35. The van der Waals surface area contributed by atoms with Crippen LogP contribution in [0.1, 0.15) is 316 Å². The number of quaternary nitrogens is 1. The summed E-state index contributed by atoms with van der Waals surface area (Å²) >= 11 is 0. The van der Waals surface area contributed by atoms with Gasteiger partial charge in [-0.1, -0.05) is 318 Å². The van der Waals surface area contributed by atoms with Crippen LogP contribution in [0.3, 0.4) is 0 Å². The molecule has 0 bridgehead atoms. The molecule has 0 saturated carbocycles. The Kier molecular flexibility index (Phi) is 60.1. The molecule has 3 unspecified atom stereocenters. The third kappa shape index (κ3) is 63.5. The van der Waals surface area contributed by atoms with E-state index in [1.54, 1.807) is 0 Å². The average molecular weight is 1180 g/mol. The van der Waals surface area contributed by atoms with Crippen LogP contribution in [-0.2, 0) is 27.9 Å². The maximum atomic E-state index is 13.6. The zero-order valence-electron chi connectivity index (χ0n) is 55.1. The van der Waals surface area contributed by atoms with Crippen LogP contribution in [0.5, 0.6) is 0 Å². The van der Waals surface area contributed by atoms with Crippen LogP contribution in [0.4, 0.5) is 0 Å². The molecule has 0 aliphatic heterocycles.